The van der Waals surface area contributed by atoms with Crippen LogP contribution in [0.15, 0.2) is 42.5 Å². The number of anilines is 1. The van der Waals surface area contributed by atoms with Crippen LogP contribution in [-0.4, -0.2) is 24.9 Å². The first kappa shape index (κ1) is 20.3. The molecule has 0 saturated carbocycles. The van der Waals surface area contributed by atoms with Gasteiger partial charge >= 0.3 is 0 Å². The predicted octanol–water partition coefficient (Wildman–Crippen LogP) is 4.27. The molecule has 1 N–H and O–H groups in total. The number of nitrogens with zero attached hydrogens (tertiary/aromatic N) is 1. The fourth-order valence-electron chi connectivity index (χ4n) is 2.56. The average Bonchev–Trinajstić information content (AvgIpc) is 2.61. The largest absolute Gasteiger partial charge is 0.354 e. The summed E-state index contributed by atoms with van der Waals surface area (Å²) in [5.74, 6) is -0.394. The Morgan fingerprint density at radius 1 is 1.08 bits per heavy atom. The first-order valence-electron chi connectivity index (χ1n) is 8.48. The highest BCUT2D eigenvalue weighted by Gasteiger charge is 2.15. The molecule has 138 valence electrons. The number of rotatable bonds is 7. The highest BCUT2D eigenvalue weighted by Crippen LogP contribution is 2.21. The summed E-state index contributed by atoms with van der Waals surface area (Å²) in [4.78, 5) is 25.6. The maximum atomic E-state index is 12.2. The van der Waals surface area contributed by atoms with E-state index in [1.807, 2.05) is 30.3 Å². The molecule has 0 aromatic heterocycles. The second kappa shape index (κ2) is 9.60. The molecule has 0 bridgehead atoms. The number of benzene rings is 2. The van der Waals surface area contributed by atoms with Gasteiger partial charge in [0.25, 0.3) is 0 Å². The van der Waals surface area contributed by atoms with Crippen LogP contribution in [0.3, 0.4) is 0 Å². The standard InChI is InChI=1S/C20H22Cl2N2O2/c1-3-15-4-8-18(9-5-15)24(14(2)25)13-20(26)23-11-10-16-6-7-17(21)12-19(16)22/h4-9,12H,3,10-11,13H2,1-2H3,(H,23,26). The fraction of sp³-hybridized carbons (Fsp3) is 0.300. The van der Waals surface area contributed by atoms with Gasteiger partial charge in [-0.1, -0.05) is 48.3 Å². The lowest BCUT2D eigenvalue weighted by molar-refractivity contribution is -0.123. The van der Waals surface area contributed by atoms with Gasteiger partial charge in [-0.05, 0) is 48.2 Å². The summed E-state index contributed by atoms with van der Waals surface area (Å²) in [5.41, 5.74) is 2.81. The van der Waals surface area contributed by atoms with Crippen molar-refractivity contribution in [3.63, 3.8) is 0 Å². The molecular formula is C20H22Cl2N2O2. The van der Waals surface area contributed by atoms with Gasteiger partial charge in [0.1, 0.15) is 6.54 Å². The van der Waals surface area contributed by atoms with Crippen molar-refractivity contribution in [2.45, 2.75) is 26.7 Å². The lowest BCUT2D eigenvalue weighted by Gasteiger charge is -2.21. The van der Waals surface area contributed by atoms with Crippen LogP contribution in [-0.2, 0) is 22.4 Å². The van der Waals surface area contributed by atoms with E-state index in [1.54, 1.807) is 12.1 Å². The Morgan fingerprint density at radius 2 is 1.77 bits per heavy atom. The van der Waals surface area contributed by atoms with Crippen molar-refractivity contribution >= 4 is 40.7 Å². The maximum absolute atomic E-state index is 12.2. The molecule has 0 atom stereocenters. The Hall–Kier alpha value is -2.04. The monoisotopic (exact) mass is 392 g/mol. The van der Waals surface area contributed by atoms with E-state index in [2.05, 4.69) is 12.2 Å². The highest BCUT2D eigenvalue weighted by molar-refractivity contribution is 6.35. The summed E-state index contributed by atoms with van der Waals surface area (Å²) in [6, 6.07) is 12.9. The third-order valence-electron chi connectivity index (χ3n) is 4.07. The SMILES string of the molecule is CCc1ccc(N(CC(=O)NCCc2ccc(Cl)cc2Cl)C(C)=O)cc1. The van der Waals surface area contributed by atoms with Gasteiger partial charge < -0.3 is 10.2 Å². The number of hydrogen-bond donors (Lipinski definition) is 1. The molecule has 2 aromatic rings. The van der Waals surface area contributed by atoms with Crippen molar-refractivity contribution in [2.75, 3.05) is 18.0 Å². The number of halogens is 2. The van der Waals surface area contributed by atoms with Crippen LogP contribution in [0.25, 0.3) is 0 Å². The van der Waals surface area contributed by atoms with Crippen molar-refractivity contribution in [3.05, 3.63) is 63.6 Å². The van der Waals surface area contributed by atoms with Gasteiger partial charge in [0.2, 0.25) is 11.8 Å². The van der Waals surface area contributed by atoms with Crippen LogP contribution in [0, 0.1) is 0 Å². The summed E-state index contributed by atoms with van der Waals surface area (Å²) < 4.78 is 0. The van der Waals surface area contributed by atoms with Gasteiger partial charge in [-0.2, -0.15) is 0 Å². The Bertz CT molecular complexity index is 776. The molecule has 0 spiro atoms. The number of carbonyl (C=O) groups excluding carboxylic acids is 2. The smallest absolute Gasteiger partial charge is 0.240 e. The lowest BCUT2D eigenvalue weighted by atomic mass is 10.1. The van der Waals surface area contributed by atoms with Crippen molar-refractivity contribution in [3.8, 4) is 0 Å². The highest BCUT2D eigenvalue weighted by atomic mass is 35.5. The molecule has 0 heterocycles. The number of amides is 2. The van der Waals surface area contributed by atoms with Crippen molar-refractivity contribution in [1.82, 2.24) is 5.32 Å². The Kier molecular flexibility index (Phi) is 7.49. The van der Waals surface area contributed by atoms with Crippen molar-refractivity contribution < 1.29 is 9.59 Å². The van der Waals surface area contributed by atoms with Gasteiger partial charge in [-0.15, -0.1) is 0 Å². The quantitative estimate of drug-likeness (QED) is 0.764. The minimum Gasteiger partial charge on any atom is -0.354 e. The maximum Gasteiger partial charge on any atom is 0.240 e. The molecule has 6 heteroatoms. The van der Waals surface area contributed by atoms with E-state index in [4.69, 9.17) is 23.2 Å². The van der Waals surface area contributed by atoms with Crippen molar-refractivity contribution in [2.24, 2.45) is 0 Å². The van der Waals surface area contributed by atoms with E-state index in [-0.39, 0.29) is 18.4 Å². The first-order valence-corrected chi connectivity index (χ1v) is 9.24. The second-order valence-corrected chi connectivity index (χ2v) is 6.80. The zero-order valence-corrected chi connectivity index (χ0v) is 16.4. The third-order valence-corrected chi connectivity index (χ3v) is 4.66. The average molecular weight is 393 g/mol. The molecule has 4 nitrogen and oxygen atoms in total. The Balaban J connectivity index is 1.91. The Morgan fingerprint density at radius 3 is 2.35 bits per heavy atom. The minimum absolute atomic E-state index is 0.0187. The number of aryl methyl sites for hydroxylation is 1. The molecule has 0 fully saturated rings. The summed E-state index contributed by atoms with van der Waals surface area (Å²) in [6.45, 7) is 3.93. The van der Waals surface area contributed by atoms with Crippen LogP contribution in [0.1, 0.15) is 25.0 Å². The summed E-state index contributed by atoms with van der Waals surface area (Å²) in [6.07, 6.45) is 1.51. The number of hydrogen-bond acceptors (Lipinski definition) is 2. The molecule has 2 amide bonds. The van der Waals surface area contributed by atoms with E-state index < -0.39 is 0 Å². The minimum atomic E-state index is -0.218. The molecule has 0 aliphatic rings. The summed E-state index contributed by atoms with van der Waals surface area (Å²) in [7, 11) is 0. The number of carbonyl (C=O) groups is 2. The molecule has 0 aliphatic heterocycles. The van der Waals surface area contributed by atoms with Gasteiger partial charge in [0.15, 0.2) is 0 Å². The molecule has 0 aliphatic carbocycles. The molecular weight excluding hydrogens is 371 g/mol. The fourth-order valence-corrected chi connectivity index (χ4v) is 3.06. The topological polar surface area (TPSA) is 49.4 Å². The first-order chi connectivity index (χ1) is 12.4. The van der Waals surface area contributed by atoms with Gasteiger partial charge in [0, 0.05) is 29.2 Å². The Labute approximate surface area is 164 Å². The molecule has 2 aromatic carbocycles. The molecule has 0 saturated heterocycles. The van der Waals surface area contributed by atoms with E-state index in [1.165, 1.54) is 17.4 Å². The van der Waals surface area contributed by atoms with E-state index in [0.29, 0.717) is 28.7 Å². The van der Waals surface area contributed by atoms with Gasteiger partial charge in [-0.3, -0.25) is 9.59 Å². The second-order valence-electron chi connectivity index (χ2n) is 5.96. The van der Waals surface area contributed by atoms with Crippen LogP contribution in [0.2, 0.25) is 10.0 Å². The van der Waals surface area contributed by atoms with E-state index >= 15 is 0 Å². The molecule has 0 unspecified atom stereocenters. The third kappa shape index (κ3) is 5.75. The molecule has 0 radical (unpaired) electrons. The summed E-state index contributed by atoms with van der Waals surface area (Å²) >= 11 is 12.0. The van der Waals surface area contributed by atoms with E-state index in [9.17, 15) is 9.59 Å². The molecule has 2 rings (SSSR count). The van der Waals surface area contributed by atoms with Crippen molar-refractivity contribution in [1.29, 1.82) is 0 Å². The predicted molar refractivity (Wildman–Crippen MR) is 107 cm³/mol. The van der Waals surface area contributed by atoms with Gasteiger partial charge in [0.05, 0.1) is 0 Å². The van der Waals surface area contributed by atoms with Crippen LogP contribution < -0.4 is 10.2 Å². The van der Waals surface area contributed by atoms with Crippen LogP contribution in [0.4, 0.5) is 5.69 Å². The molecule has 26 heavy (non-hydrogen) atoms. The zero-order valence-electron chi connectivity index (χ0n) is 14.9. The number of nitrogens with one attached hydrogen (secondary N) is 1. The normalized spacial score (nSPS) is 10.5. The van der Waals surface area contributed by atoms with E-state index in [0.717, 1.165) is 12.0 Å². The summed E-state index contributed by atoms with van der Waals surface area (Å²) in [5, 5.41) is 3.98. The zero-order chi connectivity index (χ0) is 19.1. The van der Waals surface area contributed by atoms with Crippen LogP contribution >= 0.6 is 23.2 Å². The van der Waals surface area contributed by atoms with Crippen LogP contribution in [0.5, 0.6) is 0 Å². The lowest BCUT2D eigenvalue weighted by Crippen LogP contribution is -2.40. The van der Waals surface area contributed by atoms with Gasteiger partial charge in [-0.25, -0.2) is 0 Å².